The van der Waals surface area contributed by atoms with Crippen LogP contribution in [0.15, 0.2) is 12.4 Å². The van der Waals surface area contributed by atoms with Crippen LogP contribution in [0.5, 0.6) is 0 Å². The van der Waals surface area contributed by atoms with Crippen LogP contribution in [0.1, 0.15) is 57.2 Å². The van der Waals surface area contributed by atoms with E-state index in [9.17, 15) is 0 Å². The third-order valence-corrected chi connectivity index (χ3v) is 3.62. The molecule has 0 bridgehead atoms. The van der Waals surface area contributed by atoms with Crippen LogP contribution in [0.4, 0.5) is 5.82 Å². The highest BCUT2D eigenvalue weighted by Crippen LogP contribution is 2.39. The summed E-state index contributed by atoms with van der Waals surface area (Å²) in [6.45, 7) is 3.18. The molecule has 3 rings (SSSR count). The number of rotatable bonds is 7. The van der Waals surface area contributed by atoms with Crippen molar-refractivity contribution in [2.45, 2.75) is 51.4 Å². The van der Waals surface area contributed by atoms with Gasteiger partial charge >= 0.3 is 0 Å². The van der Waals surface area contributed by atoms with Gasteiger partial charge in [-0.15, -0.1) is 10.2 Å². The first kappa shape index (κ1) is 12.4. The molecule has 102 valence electrons. The first-order valence-corrected chi connectivity index (χ1v) is 7.33. The van der Waals surface area contributed by atoms with Gasteiger partial charge in [0.25, 0.3) is 0 Å². The molecule has 0 aliphatic heterocycles. The van der Waals surface area contributed by atoms with E-state index in [1.54, 1.807) is 0 Å². The van der Waals surface area contributed by atoms with Crippen molar-refractivity contribution in [1.29, 1.82) is 0 Å². The topological polar surface area (TPSA) is 55.1 Å². The lowest BCUT2D eigenvalue weighted by molar-refractivity contribution is 0.684. The Morgan fingerprint density at radius 3 is 2.95 bits per heavy atom. The first-order valence-electron chi connectivity index (χ1n) is 7.33. The highest BCUT2D eigenvalue weighted by Gasteiger charge is 2.29. The molecule has 0 amide bonds. The van der Waals surface area contributed by atoms with Crippen LogP contribution in [-0.4, -0.2) is 26.1 Å². The second-order valence-corrected chi connectivity index (χ2v) is 5.29. The Hall–Kier alpha value is -1.65. The summed E-state index contributed by atoms with van der Waals surface area (Å²) in [5, 5.41) is 12.0. The minimum atomic E-state index is 0.606. The zero-order valence-corrected chi connectivity index (χ0v) is 11.5. The van der Waals surface area contributed by atoms with E-state index in [1.165, 1.54) is 38.5 Å². The van der Waals surface area contributed by atoms with Crippen LogP contribution >= 0.6 is 0 Å². The summed E-state index contributed by atoms with van der Waals surface area (Å²) in [5.74, 6) is 2.56. The molecule has 5 heteroatoms. The van der Waals surface area contributed by atoms with Crippen LogP contribution in [-0.2, 0) is 0 Å². The fourth-order valence-electron chi connectivity index (χ4n) is 2.35. The monoisotopic (exact) mass is 259 g/mol. The maximum absolute atomic E-state index is 4.38. The number of unbranched alkanes of at least 4 members (excludes halogenated alkanes) is 3. The Balaban J connectivity index is 1.69. The number of nitrogens with zero attached hydrogens (tertiary/aromatic N) is 4. The van der Waals surface area contributed by atoms with Crippen molar-refractivity contribution in [3.05, 3.63) is 18.2 Å². The van der Waals surface area contributed by atoms with Crippen LogP contribution in [0, 0.1) is 0 Å². The molecule has 0 saturated heterocycles. The Morgan fingerprint density at radius 1 is 1.26 bits per heavy atom. The van der Waals surface area contributed by atoms with E-state index in [0.717, 1.165) is 23.8 Å². The second kappa shape index (κ2) is 5.55. The predicted octanol–water partition coefficient (Wildman–Crippen LogP) is 2.99. The van der Waals surface area contributed by atoms with Crippen LogP contribution < -0.4 is 5.32 Å². The lowest BCUT2D eigenvalue weighted by Crippen LogP contribution is -2.05. The normalized spacial score (nSPS) is 15.0. The molecule has 1 aliphatic rings. The van der Waals surface area contributed by atoms with Gasteiger partial charge in [0.2, 0.25) is 5.65 Å². The van der Waals surface area contributed by atoms with Gasteiger partial charge in [0.05, 0.1) is 0 Å². The predicted molar refractivity (Wildman–Crippen MR) is 75.4 cm³/mol. The highest BCUT2D eigenvalue weighted by atomic mass is 15.3. The molecule has 1 aliphatic carbocycles. The van der Waals surface area contributed by atoms with Gasteiger partial charge in [0.1, 0.15) is 5.82 Å². The summed E-state index contributed by atoms with van der Waals surface area (Å²) in [7, 11) is 0. The van der Waals surface area contributed by atoms with E-state index < -0.39 is 0 Å². The van der Waals surface area contributed by atoms with Gasteiger partial charge in [-0.2, -0.15) is 0 Å². The average molecular weight is 259 g/mol. The number of nitrogens with one attached hydrogen (secondary N) is 1. The molecule has 0 atom stereocenters. The minimum Gasteiger partial charge on any atom is -0.367 e. The summed E-state index contributed by atoms with van der Waals surface area (Å²) < 4.78 is 2.08. The molecule has 5 nitrogen and oxygen atoms in total. The van der Waals surface area contributed by atoms with Crippen molar-refractivity contribution in [1.82, 2.24) is 19.6 Å². The maximum atomic E-state index is 4.38. The molecule has 19 heavy (non-hydrogen) atoms. The summed E-state index contributed by atoms with van der Waals surface area (Å²) in [4.78, 5) is 4.38. The van der Waals surface area contributed by atoms with Gasteiger partial charge in [-0.1, -0.05) is 26.2 Å². The molecule has 1 saturated carbocycles. The van der Waals surface area contributed by atoms with Gasteiger partial charge in [-0.05, 0) is 19.3 Å². The van der Waals surface area contributed by atoms with Crippen molar-refractivity contribution < 1.29 is 0 Å². The summed E-state index contributed by atoms with van der Waals surface area (Å²) in [5.41, 5.74) is 0.861. The first-order chi connectivity index (χ1) is 9.40. The molecule has 0 unspecified atom stereocenters. The molecule has 2 aromatic rings. The van der Waals surface area contributed by atoms with E-state index in [1.807, 2.05) is 12.4 Å². The summed E-state index contributed by atoms with van der Waals surface area (Å²) >= 11 is 0. The van der Waals surface area contributed by atoms with Crippen molar-refractivity contribution in [2.24, 2.45) is 0 Å². The van der Waals surface area contributed by atoms with Gasteiger partial charge < -0.3 is 5.32 Å². The van der Waals surface area contributed by atoms with Crippen molar-refractivity contribution in [3.63, 3.8) is 0 Å². The van der Waals surface area contributed by atoms with Gasteiger partial charge in [-0.25, -0.2) is 4.98 Å². The number of hydrogen-bond acceptors (Lipinski definition) is 4. The standard InChI is InChI=1S/C14H21N5/c1-2-3-4-5-8-15-12-14-18-17-13(11-6-7-11)19(14)10-9-16-12/h9-11H,2-8H2,1H3,(H,15,16). The number of hydrogen-bond donors (Lipinski definition) is 1. The molecule has 2 heterocycles. The molecule has 0 radical (unpaired) electrons. The highest BCUT2D eigenvalue weighted by molar-refractivity contribution is 5.62. The Kier molecular flexibility index (Phi) is 3.62. The zero-order chi connectivity index (χ0) is 13.1. The molecule has 0 aromatic carbocycles. The van der Waals surface area contributed by atoms with E-state index >= 15 is 0 Å². The SMILES string of the molecule is CCCCCCNc1nccn2c(C3CC3)nnc12. The molecule has 1 N–H and O–H groups in total. The number of anilines is 1. The zero-order valence-electron chi connectivity index (χ0n) is 11.5. The summed E-state index contributed by atoms with van der Waals surface area (Å²) in [6, 6.07) is 0. The van der Waals surface area contributed by atoms with Crippen molar-refractivity contribution in [2.75, 3.05) is 11.9 Å². The summed E-state index contributed by atoms with van der Waals surface area (Å²) in [6.07, 6.45) is 11.3. The lowest BCUT2D eigenvalue weighted by atomic mass is 10.2. The molecule has 1 fully saturated rings. The Morgan fingerprint density at radius 2 is 2.16 bits per heavy atom. The molecule has 0 spiro atoms. The van der Waals surface area contributed by atoms with Crippen LogP contribution in [0.2, 0.25) is 0 Å². The number of aromatic nitrogens is 4. The Labute approximate surface area is 113 Å². The van der Waals surface area contributed by atoms with Crippen molar-refractivity contribution >= 4 is 11.5 Å². The largest absolute Gasteiger partial charge is 0.367 e. The number of fused-ring (bicyclic) bond motifs is 1. The average Bonchev–Trinajstić information content (AvgIpc) is 3.18. The van der Waals surface area contributed by atoms with Gasteiger partial charge in [0.15, 0.2) is 5.82 Å². The molecular weight excluding hydrogens is 238 g/mol. The lowest BCUT2D eigenvalue weighted by Gasteiger charge is -2.06. The fourth-order valence-corrected chi connectivity index (χ4v) is 2.35. The van der Waals surface area contributed by atoms with E-state index in [-0.39, 0.29) is 0 Å². The van der Waals surface area contributed by atoms with Gasteiger partial charge in [-0.3, -0.25) is 4.40 Å². The third-order valence-electron chi connectivity index (χ3n) is 3.62. The van der Waals surface area contributed by atoms with Crippen molar-refractivity contribution in [3.8, 4) is 0 Å². The second-order valence-electron chi connectivity index (χ2n) is 5.29. The maximum Gasteiger partial charge on any atom is 0.203 e. The molecule has 2 aromatic heterocycles. The third kappa shape index (κ3) is 2.69. The fraction of sp³-hybridized carbons (Fsp3) is 0.643. The quantitative estimate of drug-likeness (QED) is 0.777. The van der Waals surface area contributed by atoms with Crippen LogP contribution in [0.3, 0.4) is 0 Å². The Bertz CT molecular complexity index is 544. The minimum absolute atomic E-state index is 0.606. The van der Waals surface area contributed by atoms with E-state index in [0.29, 0.717) is 5.92 Å². The van der Waals surface area contributed by atoms with E-state index in [4.69, 9.17) is 0 Å². The van der Waals surface area contributed by atoms with Crippen LogP contribution in [0.25, 0.3) is 5.65 Å². The van der Waals surface area contributed by atoms with E-state index in [2.05, 4.69) is 31.8 Å². The molecular formula is C14H21N5. The smallest absolute Gasteiger partial charge is 0.203 e. The van der Waals surface area contributed by atoms with Gasteiger partial charge in [0, 0.05) is 24.9 Å².